The van der Waals surface area contributed by atoms with Crippen molar-refractivity contribution in [3.8, 4) is 5.75 Å². The van der Waals surface area contributed by atoms with Gasteiger partial charge in [-0.2, -0.15) is 0 Å². The number of esters is 1. The van der Waals surface area contributed by atoms with Crippen LogP contribution in [0.4, 0.5) is 0 Å². The number of hydrogen-bond donors (Lipinski definition) is 0. The summed E-state index contributed by atoms with van der Waals surface area (Å²) >= 11 is 3.26. The fourth-order valence-electron chi connectivity index (χ4n) is 1.17. The summed E-state index contributed by atoms with van der Waals surface area (Å²) in [5, 5.41) is 0. The molecule has 1 aromatic rings. The van der Waals surface area contributed by atoms with Crippen molar-refractivity contribution in [1.29, 1.82) is 0 Å². The Bertz CT molecular complexity index is 464. The summed E-state index contributed by atoms with van der Waals surface area (Å²) in [5.74, 6) is 0.105. The van der Waals surface area contributed by atoms with Crippen molar-refractivity contribution in [3.63, 3.8) is 0 Å². The highest BCUT2D eigenvalue weighted by Gasteiger charge is 1.99. The second-order valence-electron chi connectivity index (χ2n) is 3.23. The Labute approximate surface area is 108 Å². The average molecular weight is 296 g/mol. The molecule has 1 aromatic carbocycles. The van der Waals surface area contributed by atoms with Gasteiger partial charge in [0.15, 0.2) is 0 Å². The zero-order valence-electron chi connectivity index (χ0n) is 9.53. The first-order valence-electron chi connectivity index (χ1n) is 4.87. The van der Waals surface area contributed by atoms with E-state index in [1.54, 1.807) is 37.5 Å². The van der Waals surface area contributed by atoms with E-state index in [2.05, 4.69) is 20.9 Å². The summed E-state index contributed by atoms with van der Waals surface area (Å²) in [5.41, 5.74) is 8.91. The highest BCUT2D eigenvalue weighted by molar-refractivity contribution is 9.12. The van der Waals surface area contributed by atoms with Crippen molar-refractivity contribution >= 4 is 33.8 Å². The number of aliphatic imine (C=N–C) groups is 1. The van der Waals surface area contributed by atoms with Crippen LogP contribution in [0.5, 0.6) is 5.75 Å². The third kappa shape index (κ3) is 4.03. The zero-order chi connectivity index (χ0) is 12.8. The largest absolute Gasteiger partial charge is 0.697 e. The van der Waals surface area contributed by atoms with Crippen molar-refractivity contribution in [2.45, 2.75) is 6.92 Å². The van der Waals surface area contributed by atoms with E-state index in [4.69, 9.17) is 10.5 Å². The van der Waals surface area contributed by atoms with Crippen molar-refractivity contribution in [3.05, 3.63) is 40.0 Å². The zero-order valence-corrected chi connectivity index (χ0v) is 11.1. The summed E-state index contributed by atoms with van der Waals surface area (Å²) in [6.45, 7) is 1.35. The minimum atomic E-state index is -0.362. The molecule has 0 aromatic heterocycles. The minimum Gasteiger partial charge on any atom is -0.697 e. The molecule has 0 spiro atoms. The molecule has 1 rings (SSSR count). The first kappa shape index (κ1) is 13.4. The van der Waals surface area contributed by atoms with Gasteiger partial charge >= 0.3 is 5.97 Å². The Balaban J connectivity index is 2.95. The fourth-order valence-corrected chi connectivity index (χ4v) is 1.61. The lowest BCUT2D eigenvalue weighted by Crippen LogP contribution is -2.00. The quantitative estimate of drug-likeness (QED) is 0.487. The van der Waals surface area contributed by atoms with Gasteiger partial charge in [0.1, 0.15) is 5.75 Å². The lowest BCUT2D eigenvalue weighted by molar-refractivity contribution is -0.131. The van der Waals surface area contributed by atoms with Crippen LogP contribution in [0, 0.1) is 0 Å². The molecule has 17 heavy (non-hydrogen) atoms. The molecule has 4 nitrogen and oxygen atoms in total. The maximum Gasteiger partial charge on any atom is 0.308 e. The van der Waals surface area contributed by atoms with E-state index in [0.29, 0.717) is 21.5 Å². The molecule has 5 heteroatoms. The molecule has 90 valence electrons. The molecule has 0 aliphatic rings. The summed E-state index contributed by atoms with van der Waals surface area (Å²) in [4.78, 5) is 14.6. The number of nitrogens with zero attached hydrogens (tertiary/aromatic N) is 1. The lowest BCUT2D eigenvalue weighted by atomic mass is 10.1. The SMILES string of the molecule is CN=C/C(Br)=C(\[NH-])c1ccc(OC(C)=O)cc1. The molecule has 0 unspecified atom stereocenters. The Hall–Kier alpha value is -1.62. The number of carbonyl (C=O) groups excluding carboxylic acids is 1. The Morgan fingerprint density at radius 2 is 2.00 bits per heavy atom. The summed E-state index contributed by atoms with van der Waals surface area (Å²) < 4.78 is 5.50. The molecule has 0 radical (unpaired) electrons. The van der Waals surface area contributed by atoms with E-state index in [9.17, 15) is 4.79 Å². The van der Waals surface area contributed by atoms with Gasteiger partial charge in [0.2, 0.25) is 0 Å². The summed E-state index contributed by atoms with van der Waals surface area (Å²) in [6, 6.07) is 6.72. The fraction of sp³-hybridized carbons (Fsp3) is 0.167. The van der Waals surface area contributed by atoms with Gasteiger partial charge in [0.05, 0.1) is 0 Å². The molecule has 0 atom stereocenters. The van der Waals surface area contributed by atoms with E-state index in [0.717, 1.165) is 0 Å². The van der Waals surface area contributed by atoms with Gasteiger partial charge in [-0.05, 0) is 17.7 Å². The minimum absolute atomic E-state index is 0.324. The Morgan fingerprint density at radius 1 is 1.41 bits per heavy atom. The van der Waals surface area contributed by atoms with E-state index >= 15 is 0 Å². The van der Waals surface area contributed by atoms with Crippen LogP contribution in [-0.2, 0) is 4.79 Å². The van der Waals surface area contributed by atoms with Crippen molar-refractivity contribution in [2.75, 3.05) is 7.05 Å². The molecule has 0 amide bonds. The van der Waals surface area contributed by atoms with E-state index in [1.807, 2.05) is 0 Å². The highest BCUT2D eigenvalue weighted by atomic mass is 79.9. The number of allylic oxidation sites excluding steroid dienone is 1. The van der Waals surface area contributed by atoms with Crippen LogP contribution in [0.1, 0.15) is 12.5 Å². The monoisotopic (exact) mass is 295 g/mol. The summed E-state index contributed by atoms with van der Waals surface area (Å²) in [7, 11) is 1.64. The smallest absolute Gasteiger partial charge is 0.308 e. The van der Waals surface area contributed by atoms with Crippen LogP contribution in [0.15, 0.2) is 33.7 Å². The van der Waals surface area contributed by atoms with Crippen LogP contribution in [0.3, 0.4) is 0 Å². The summed E-state index contributed by atoms with van der Waals surface area (Å²) in [6.07, 6.45) is 1.56. The van der Waals surface area contributed by atoms with E-state index in [1.165, 1.54) is 6.92 Å². The maximum atomic E-state index is 10.7. The molecule has 0 heterocycles. The predicted octanol–water partition coefficient (Wildman–Crippen LogP) is 3.43. The highest BCUT2D eigenvalue weighted by Crippen LogP contribution is 2.24. The van der Waals surface area contributed by atoms with Crippen LogP contribution in [0.2, 0.25) is 0 Å². The molecule has 0 saturated carbocycles. The maximum absolute atomic E-state index is 10.7. The number of carbonyl (C=O) groups is 1. The molecule has 0 aliphatic heterocycles. The number of rotatable bonds is 3. The van der Waals surface area contributed by atoms with Gasteiger partial charge in [-0.15, -0.1) is 5.70 Å². The van der Waals surface area contributed by atoms with Crippen molar-refractivity contribution in [2.24, 2.45) is 4.99 Å². The number of benzene rings is 1. The standard InChI is InChI=1S/C12H12BrN2O2/c1-8(16)17-10-5-3-9(4-6-10)12(14)11(13)7-15-2/h3-7H,1-2H3,(H-,14,15)/q-1. The molecular formula is C12H12BrN2O2-. The molecule has 0 aliphatic carbocycles. The Kier molecular flexibility index (Phi) is 4.90. The number of halogens is 1. The van der Waals surface area contributed by atoms with Crippen molar-refractivity contribution in [1.82, 2.24) is 0 Å². The third-order valence-corrected chi connectivity index (χ3v) is 2.49. The van der Waals surface area contributed by atoms with Gasteiger partial charge in [0, 0.05) is 24.7 Å². The number of hydrogen-bond acceptors (Lipinski definition) is 3. The normalized spacial score (nSPS) is 12.4. The van der Waals surface area contributed by atoms with Gasteiger partial charge in [0.25, 0.3) is 0 Å². The van der Waals surface area contributed by atoms with E-state index in [-0.39, 0.29) is 5.97 Å². The average Bonchev–Trinajstić information content (AvgIpc) is 2.28. The van der Waals surface area contributed by atoms with Crippen LogP contribution in [-0.4, -0.2) is 19.2 Å². The van der Waals surface area contributed by atoms with Gasteiger partial charge in [-0.1, -0.05) is 28.1 Å². The van der Waals surface area contributed by atoms with Crippen LogP contribution >= 0.6 is 15.9 Å². The molecule has 0 fully saturated rings. The topological polar surface area (TPSA) is 62.5 Å². The second kappa shape index (κ2) is 6.20. The van der Waals surface area contributed by atoms with Gasteiger partial charge in [-0.3, -0.25) is 9.79 Å². The number of ether oxygens (including phenoxy) is 1. The predicted molar refractivity (Wildman–Crippen MR) is 72.3 cm³/mol. The van der Waals surface area contributed by atoms with Gasteiger partial charge in [-0.25, -0.2) is 0 Å². The first-order chi connectivity index (χ1) is 8.04. The third-order valence-electron chi connectivity index (χ3n) is 1.89. The van der Waals surface area contributed by atoms with Crippen LogP contribution in [0.25, 0.3) is 11.4 Å². The van der Waals surface area contributed by atoms with Crippen LogP contribution < -0.4 is 4.74 Å². The second-order valence-corrected chi connectivity index (χ2v) is 4.08. The Morgan fingerprint density at radius 3 is 2.47 bits per heavy atom. The van der Waals surface area contributed by atoms with Crippen molar-refractivity contribution < 1.29 is 9.53 Å². The molecule has 1 N–H and O–H groups in total. The van der Waals surface area contributed by atoms with Gasteiger partial charge < -0.3 is 10.5 Å². The molecule has 0 saturated heterocycles. The van der Waals surface area contributed by atoms with E-state index < -0.39 is 0 Å². The molecule has 0 bridgehead atoms. The first-order valence-corrected chi connectivity index (χ1v) is 5.66. The number of nitrogens with one attached hydrogen (secondary N) is 1. The molecular weight excluding hydrogens is 284 g/mol. The lowest BCUT2D eigenvalue weighted by Gasteiger charge is -2.12.